The van der Waals surface area contributed by atoms with Gasteiger partial charge in [0.2, 0.25) is 0 Å². The normalized spacial score (nSPS) is 17.4. The van der Waals surface area contributed by atoms with Gasteiger partial charge >= 0.3 is 6.03 Å². The van der Waals surface area contributed by atoms with Crippen LogP contribution in [0.3, 0.4) is 0 Å². The summed E-state index contributed by atoms with van der Waals surface area (Å²) in [7, 11) is 0. The molecule has 2 aliphatic heterocycles. The predicted molar refractivity (Wildman–Crippen MR) is 125 cm³/mol. The van der Waals surface area contributed by atoms with Gasteiger partial charge in [0.1, 0.15) is 11.6 Å². The molecule has 1 saturated heterocycles. The molecule has 33 heavy (non-hydrogen) atoms. The zero-order valence-electron chi connectivity index (χ0n) is 18.9. The maximum Gasteiger partial charge on any atom is 0.327 e. The molecule has 174 valence electrons. The van der Waals surface area contributed by atoms with Crippen LogP contribution in [-0.2, 0) is 11.2 Å². The number of carbonyl (C=O) groups excluding carboxylic acids is 1. The minimum absolute atomic E-state index is 0.175. The molecule has 0 aromatic carbocycles. The Morgan fingerprint density at radius 1 is 1.33 bits per heavy atom. The van der Waals surface area contributed by atoms with Crippen LogP contribution in [0.2, 0.25) is 0 Å². The maximum atomic E-state index is 13.1. The standard InChI is InChI=1S/C21H26N8O.CH2O2/c1-13-10-19-24-15(3)26-29(19)12-17(13)25-21(30)28-8-5-16-18(4-6-23-20(16)28)27-9-7-22-14(2)11-27;2-1-3/h4,6,10,12,14,22H,5,7-9,11H2,1-3H3,(H,25,30);1H,(H,2,3)/t14-;/m1./s1. The van der Waals surface area contributed by atoms with Crippen molar-refractivity contribution >= 4 is 35.3 Å². The van der Waals surface area contributed by atoms with Crippen molar-refractivity contribution in [2.45, 2.75) is 33.2 Å². The number of hydrogen-bond acceptors (Lipinski definition) is 7. The SMILES string of the molecule is Cc1nc2cc(C)c(NC(=O)N3CCc4c(N5CCN[C@H](C)C5)ccnc43)cn2n1.O=CO. The van der Waals surface area contributed by atoms with Crippen LogP contribution in [0.5, 0.6) is 0 Å². The fraction of sp³-hybridized carbons (Fsp3) is 0.409. The topological polar surface area (TPSA) is 128 Å². The van der Waals surface area contributed by atoms with Gasteiger partial charge < -0.3 is 20.6 Å². The van der Waals surface area contributed by atoms with Gasteiger partial charge in [-0.25, -0.2) is 19.3 Å². The lowest BCUT2D eigenvalue weighted by atomic mass is 10.1. The first-order valence-corrected chi connectivity index (χ1v) is 10.9. The van der Waals surface area contributed by atoms with E-state index in [1.54, 1.807) is 9.42 Å². The Labute approximate surface area is 191 Å². The highest BCUT2D eigenvalue weighted by atomic mass is 16.3. The monoisotopic (exact) mass is 452 g/mol. The van der Waals surface area contributed by atoms with Crippen LogP contribution < -0.4 is 20.4 Å². The van der Waals surface area contributed by atoms with Gasteiger partial charge in [-0.1, -0.05) is 0 Å². The van der Waals surface area contributed by atoms with E-state index in [0.717, 1.165) is 54.3 Å². The van der Waals surface area contributed by atoms with Gasteiger partial charge in [0.15, 0.2) is 5.65 Å². The van der Waals surface area contributed by atoms with Crippen LogP contribution in [0, 0.1) is 13.8 Å². The molecule has 5 heterocycles. The number of pyridine rings is 2. The molecule has 2 amide bonds. The highest BCUT2D eigenvalue weighted by molar-refractivity contribution is 6.03. The lowest BCUT2D eigenvalue weighted by Crippen LogP contribution is -2.49. The largest absolute Gasteiger partial charge is 0.483 e. The summed E-state index contributed by atoms with van der Waals surface area (Å²) in [4.78, 5) is 34.5. The van der Waals surface area contributed by atoms with Gasteiger partial charge in [-0.3, -0.25) is 9.69 Å². The number of urea groups is 1. The van der Waals surface area contributed by atoms with E-state index in [1.165, 1.54) is 5.69 Å². The van der Waals surface area contributed by atoms with Crippen LogP contribution >= 0.6 is 0 Å². The molecule has 0 aliphatic carbocycles. The zero-order chi connectivity index (χ0) is 23.5. The van der Waals surface area contributed by atoms with Crippen LogP contribution in [0.25, 0.3) is 5.65 Å². The van der Waals surface area contributed by atoms with Gasteiger partial charge in [-0.2, -0.15) is 5.10 Å². The first-order chi connectivity index (χ1) is 15.9. The van der Waals surface area contributed by atoms with Gasteiger partial charge in [0.25, 0.3) is 6.47 Å². The van der Waals surface area contributed by atoms with E-state index in [1.807, 2.05) is 32.3 Å². The summed E-state index contributed by atoms with van der Waals surface area (Å²) in [5.74, 6) is 1.46. The number of aromatic nitrogens is 4. The summed E-state index contributed by atoms with van der Waals surface area (Å²) in [6.45, 7) is 9.26. The number of aryl methyl sites for hydroxylation is 2. The molecule has 0 bridgehead atoms. The summed E-state index contributed by atoms with van der Waals surface area (Å²) >= 11 is 0. The molecule has 1 fully saturated rings. The second-order valence-electron chi connectivity index (χ2n) is 8.20. The van der Waals surface area contributed by atoms with E-state index in [-0.39, 0.29) is 12.5 Å². The van der Waals surface area contributed by atoms with Crippen LogP contribution in [-0.4, -0.2) is 69.4 Å². The van der Waals surface area contributed by atoms with E-state index in [2.05, 4.69) is 43.6 Å². The van der Waals surface area contributed by atoms with E-state index >= 15 is 0 Å². The number of nitrogens with one attached hydrogen (secondary N) is 2. The summed E-state index contributed by atoms with van der Waals surface area (Å²) in [6, 6.07) is 4.27. The fourth-order valence-corrected chi connectivity index (χ4v) is 4.37. The maximum absolute atomic E-state index is 13.1. The summed E-state index contributed by atoms with van der Waals surface area (Å²) in [6.07, 6.45) is 4.43. The van der Waals surface area contributed by atoms with E-state index in [9.17, 15) is 4.79 Å². The van der Waals surface area contributed by atoms with E-state index < -0.39 is 0 Å². The molecule has 0 unspecified atom stereocenters. The first kappa shape index (κ1) is 22.5. The summed E-state index contributed by atoms with van der Waals surface area (Å²) in [5.41, 5.74) is 4.78. The Balaban J connectivity index is 0.000000821. The second-order valence-corrected chi connectivity index (χ2v) is 8.20. The van der Waals surface area contributed by atoms with Gasteiger partial charge in [-0.15, -0.1) is 0 Å². The molecule has 0 spiro atoms. The average molecular weight is 453 g/mol. The van der Waals surface area contributed by atoms with Gasteiger partial charge in [-0.05, 0) is 44.9 Å². The molecule has 0 radical (unpaired) electrons. The van der Waals surface area contributed by atoms with Crippen molar-refractivity contribution in [3.63, 3.8) is 0 Å². The Kier molecular flexibility index (Phi) is 6.40. The van der Waals surface area contributed by atoms with Crippen molar-refractivity contribution in [2.75, 3.05) is 41.3 Å². The number of amides is 2. The predicted octanol–water partition coefficient (Wildman–Crippen LogP) is 1.83. The van der Waals surface area contributed by atoms with E-state index in [0.29, 0.717) is 18.4 Å². The second kappa shape index (κ2) is 9.41. The molecule has 0 saturated carbocycles. The minimum atomic E-state index is -0.250. The molecular weight excluding hydrogens is 424 g/mol. The summed E-state index contributed by atoms with van der Waals surface area (Å²) in [5, 5.41) is 17.7. The van der Waals surface area contributed by atoms with Crippen molar-refractivity contribution in [2.24, 2.45) is 0 Å². The molecule has 2 aliphatic rings. The van der Waals surface area contributed by atoms with Crippen molar-refractivity contribution in [3.05, 3.63) is 41.5 Å². The number of piperazine rings is 1. The Morgan fingerprint density at radius 2 is 2.12 bits per heavy atom. The van der Waals surface area contributed by atoms with Gasteiger partial charge in [0, 0.05) is 49.7 Å². The molecule has 3 N–H and O–H groups in total. The zero-order valence-corrected chi connectivity index (χ0v) is 18.9. The lowest BCUT2D eigenvalue weighted by Gasteiger charge is -2.34. The smallest absolute Gasteiger partial charge is 0.327 e. The first-order valence-electron chi connectivity index (χ1n) is 10.9. The minimum Gasteiger partial charge on any atom is -0.483 e. The molecule has 3 aromatic rings. The van der Waals surface area contributed by atoms with Crippen molar-refractivity contribution < 1.29 is 14.7 Å². The van der Waals surface area contributed by atoms with Crippen molar-refractivity contribution in [3.8, 4) is 0 Å². The highest BCUT2D eigenvalue weighted by Gasteiger charge is 2.30. The number of nitrogens with zero attached hydrogens (tertiary/aromatic N) is 6. The molecule has 1 atom stereocenters. The van der Waals surface area contributed by atoms with Crippen molar-refractivity contribution in [1.82, 2.24) is 24.9 Å². The molecule has 3 aromatic heterocycles. The van der Waals surface area contributed by atoms with Gasteiger partial charge in [0.05, 0.1) is 11.9 Å². The highest BCUT2D eigenvalue weighted by Crippen LogP contribution is 2.34. The number of anilines is 3. The number of rotatable bonds is 2. The van der Waals surface area contributed by atoms with Crippen LogP contribution in [0.15, 0.2) is 24.5 Å². The van der Waals surface area contributed by atoms with E-state index in [4.69, 9.17) is 9.90 Å². The molecule has 11 nitrogen and oxygen atoms in total. The molecule has 5 rings (SSSR count). The Morgan fingerprint density at radius 3 is 2.88 bits per heavy atom. The third kappa shape index (κ3) is 4.58. The molecule has 11 heteroatoms. The molecular formula is C22H28N8O3. The number of carbonyl (C=O) groups is 2. The Hall–Kier alpha value is -3.73. The quantitative estimate of drug-likeness (QED) is 0.503. The van der Waals surface area contributed by atoms with Crippen LogP contribution in [0.4, 0.5) is 22.0 Å². The Bertz CT molecular complexity index is 1180. The average Bonchev–Trinajstić information content (AvgIpc) is 3.37. The van der Waals surface area contributed by atoms with Crippen LogP contribution in [0.1, 0.15) is 23.9 Å². The number of fused-ring (bicyclic) bond motifs is 2. The lowest BCUT2D eigenvalue weighted by molar-refractivity contribution is -0.122. The fourth-order valence-electron chi connectivity index (χ4n) is 4.37. The summed E-state index contributed by atoms with van der Waals surface area (Å²) < 4.78 is 1.69. The third-order valence-electron chi connectivity index (χ3n) is 5.83. The van der Waals surface area contributed by atoms with Crippen molar-refractivity contribution in [1.29, 1.82) is 0 Å². The number of hydrogen-bond donors (Lipinski definition) is 3. The number of carboxylic acid groups (broad SMARTS) is 1. The third-order valence-corrected chi connectivity index (χ3v) is 5.83.